The molecule has 2 unspecified atom stereocenters. The van der Waals surface area contributed by atoms with Gasteiger partial charge in [0, 0.05) is 33.7 Å². The maximum absolute atomic E-state index is 13.2. The van der Waals surface area contributed by atoms with E-state index in [0.717, 1.165) is 22.3 Å². The number of hydrogen-bond donors (Lipinski definition) is 0. The highest BCUT2D eigenvalue weighted by Crippen LogP contribution is 2.31. The minimum absolute atomic E-state index is 0.213. The van der Waals surface area contributed by atoms with Crippen LogP contribution >= 0.6 is 0 Å². The molecule has 2 aromatic carbocycles. The number of aliphatic imine (C=N–C) groups is 1. The zero-order valence-electron chi connectivity index (χ0n) is 17.2. The van der Waals surface area contributed by atoms with E-state index in [0.29, 0.717) is 32.8 Å². The predicted molar refractivity (Wildman–Crippen MR) is 113 cm³/mol. The summed E-state index contributed by atoms with van der Waals surface area (Å²) in [6.07, 6.45) is -0.519. The number of likely N-dealkylation sites (N-methyl/N-ethyl adjacent to an activating group) is 2. The molecule has 0 bridgehead atoms. The van der Waals surface area contributed by atoms with Gasteiger partial charge in [-0.3, -0.25) is 9.69 Å². The number of carbonyl (C=O) groups excluding carboxylic acids is 2. The van der Waals surface area contributed by atoms with Gasteiger partial charge in [0.2, 0.25) is 0 Å². The van der Waals surface area contributed by atoms with Crippen LogP contribution in [0.2, 0.25) is 0 Å². The number of nitrogens with zero attached hydrogens (tertiary/aromatic N) is 5. The average molecular weight is 407 g/mol. The van der Waals surface area contributed by atoms with E-state index in [4.69, 9.17) is 9.73 Å². The Balaban J connectivity index is 1.56. The number of carbonyl (C=O) groups is 2. The first-order valence-electron chi connectivity index (χ1n) is 10.2. The van der Waals surface area contributed by atoms with Gasteiger partial charge in [0.15, 0.2) is 18.2 Å². The van der Waals surface area contributed by atoms with Crippen LogP contribution in [-0.2, 0) is 16.1 Å². The molecule has 3 heterocycles. The zero-order chi connectivity index (χ0) is 20.8. The molecule has 30 heavy (non-hydrogen) atoms. The lowest BCUT2D eigenvalue weighted by atomic mass is 10.0. The van der Waals surface area contributed by atoms with Crippen LogP contribution in [0, 0.1) is 0 Å². The summed E-state index contributed by atoms with van der Waals surface area (Å²) in [4.78, 5) is 37.6. The van der Waals surface area contributed by atoms with Crippen molar-refractivity contribution in [3.05, 3.63) is 48.0 Å². The number of rotatable bonds is 2. The Morgan fingerprint density at radius 3 is 2.57 bits per heavy atom. The Morgan fingerprint density at radius 2 is 1.77 bits per heavy atom. The molecule has 0 saturated carbocycles. The van der Waals surface area contributed by atoms with Crippen molar-refractivity contribution in [1.29, 1.82) is 0 Å². The molecule has 0 aliphatic carbocycles. The van der Waals surface area contributed by atoms with E-state index in [2.05, 4.69) is 34.1 Å². The fraction of sp³-hybridized carbons (Fsp3) is 0.409. The Morgan fingerprint density at radius 1 is 1.03 bits per heavy atom. The van der Waals surface area contributed by atoms with E-state index in [9.17, 15) is 9.59 Å². The maximum atomic E-state index is 13.2. The molecule has 3 aliphatic rings. The second-order valence-corrected chi connectivity index (χ2v) is 7.94. The molecule has 5 rings (SSSR count). The molecule has 0 aromatic heterocycles. The summed E-state index contributed by atoms with van der Waals surface area (Å²) in [5, 5.41) is 2.32. The summed E-state index contributed by atoms with van der Waals surface area (Å²) < 4.78 is 5.51. The van der Waals surface area contributed by atoms with Gasteiger partial charge in [-0.1, -0.05) is 42.5 Å². The highest BCUT2D eigenvalue weighted by Gasteiger charge is 2.52. The summed E-state index contributed by atoms with van der Waals surface area (Å²) >= 11 is 0. The lowest BCUT2D eigenvalue weighted by Crippen LogP contribution is -2.64. The van der Waals surface area contributed by atoms with Crippen LogP contribution in [-0.4, -0.2) is 90.1 Å². The van der Waals surface area contributed by atoms with E-state index >= 15 is 0 Å². The number of morpholine rings is 1. The number of benzene rings is 2. The molecule has 3 aliphatic heterocycles. The van der Waals surface area contributed by atoms with Gasteiger partial charge in [-0.25, -0.2) is 9.79 Å². The first-order valence-corrected chi connectivity index (χ1v) is 10.2. The van der Waals surface area contributed by atoms with Crippen LogP contribution in [0.3, 0.4) is 0 Å². The van der Waals surface area contributed by atoms with Gasteiger partial charge in [0.1, 0.15) is 0 Å². The van der Waals surface area contributed by atoms with Gasteiger partial charge in [-0.15, -0.1) is 0 Å². The number of urea groups is 1. The normalized spacial score (nSPS) is 24.5. The second-order valence-electron chi connectivity index (χ2n) is 7.94. The Hall–Kier alpha value is -3.13. The molecular formula is C22H25N5O3. The number of guanidine groups is 1. The second kappa shape index (κ2) is 7.28. The average Bonchev–Trinajstić information content (AvgIpc) is 3.16. The van der Waals surface area contributed by atoms with Crippen LogP contribution in [0.15, 0.2) is 47.5 Å². The first kappa shape index (κ1) is 18.9. The van der Waals surface area contributed by atoms with Gasteiger partial charge in [0.05, 0.1) is 13.2 Å². The molecule has 2 aromatic rings. The van der Waals surface area contributed by atoms with E-state index in [1.807, 2.05) is 18.2 Å². The van der Waals surface area contributed by atoms with Crippen molar-refractivity contribution in [2.45, 2.75) is 18.8 Å². The Bertz CT molecular complexity index is 1030. The number of fused-ring (bicyclic) bond motifs is 2. The van der Waals surface area contributed by atoms with Crippen molar-refractivity contribution in [1.82, 2.24) is 19.6 Å². The third kappa shape index (κ3) is 2.90. The van der Waals surface area contributed by atoms with Gasteiger partial charge in [-0.2, -0.15) is 0 Å². The van der Waals surface area contributed by atoms with Crippen molar-refractivity contribution < 1.29 is 14.3 Å². The van der Waals surface area contributed by atoms with Gasteiger partial charge < -0.3 is 19.4 Å². The largest absolute Gasteiger partial charge is 0.378 e. The molecule has 3 amide bonds. The standard InChI is InChI=1S/C22H25N5O3/c1-24-19-18(20(28)25(2)22(24)29)27(21(23-19)26-10-12-30-13-11-26)14-16-8-5-7-15-6-3-4-9-17(15)16/h3-9,18-19H,10-14H2,1-2H3. The molecule has 0 N–H and O–H groups in total. The third-order valence-corrected chi connectivity index (χ3v) is 6.21. The van der Waals surface area contributed by atoms with Crippen molar-refractivity contribution in [3.63, 3.8) is 0 Å². The van der Waals surface area contributed by atoms with Crippen LogP contribution in [0.25, 0.3) is 10.8 Å². The zero-order valence-corrected chi connectivity index (χ0v) is 17.2. The summed E-state index contributed by atoms with van der Waals surface area (Å²) in [7, 11) is 3.25. The molecule has 2 atom stereocenters. The summed E-state index contributed by atoms with van der Waals surface area (Å²) in [5.41, 5.74) is 1.13. The molecule has 8 nitrogen and oxygen atoms in total. The topological polar surface area (TPSA) is 68.7 Å². The van der Waals surface area contributed by atoms with Gasteiger partial charge >= 0.3 is 6.03 Å². The van der Waals surface area contributed by atoms with Gasteiger partial charge in [0.25, 0.3) is 5.91 Å². The fourth-order valence-electron chi connectivity index (χ4n) is 4.56. The Kier molecular flexibility index (Phi) is 4.58. The fourth-order valence-corrected chi connectivity index (χ4v) is 4.56. The highest BCUT2D eigenvalue weighted by molar-refractivity contribution is 6.03. The lowest BCUT2D eigenvalue weighted by molar-refractivity contribution is -0.136. The van der Waals surface area contributed by atoms with Crippen LogP contribution < -0.4 is 0 Å². The summed E-state index contributed by atoms with van der Waals surface area (Å²) in [6.45, 7) is 3.22. The van der Waals surface area contributed by atoms with E-state index in [1.54, 1.807) is 19.0 Å². The van der Waals surface area contributed by atoms with Crippen molar-refractivity contribution in [3.8, 4) is 0 Å². The SMILES string of the molecule is CN1C(=O)C2C(N=C(N3CCOCC3)N2Cc2cccc3ccccc23)N(C)C1=O. The molecule has 0 spiro atoms. The van der Waals surface area contributed by atoms with Crippen LogP contribution in [0.1, 0.15) is 5.56 Å². The molecule has 0 radical (unpaired) electrons. The molecule has 2 saturated heterocycles. The number of ether oxygens (including phenoxy) is 1. The van der Waals surface area contributed by atoms with E-state index < -0.39 is 12.2 Å². The van der Waals surface area contributed by atoms with Crippen molar-refractivity contribution in [2.24, 2.45) is 4.99 Å². The number of hydrogen-bond acceptors (Lipinski definition) is 6. The Labute approximate surface area is 175 Å². The van der Waals surface area contributed by atoms with Gasteiger partial charge in [-0.05, 0) is 16.3 Å². The summed E-state index contributed by atoms with van der Waals surface area (Å²) in [6, 6.07) is 13.6. The monoisotopic (exact) mass is 407 g/mol. The van der Waals surface area contributed by atoms with Crippen molar-refractivity contribution >= 4 is 28.7 Å². The van der Waals surface area contributed by atoms with E-state index in [-0.39, 0.29) is 11.9 Å². The molecule has 8 heteroatoms. The maximum Gasteiger partial charge on any atom is 0.328 e. The molecule has 2 fully saturated rings. The van der Waals surface area contributed by atoms with Crippen LogP contribution in [0.4, 0.5) is 4.79 Å². The van der Waals surface area contributed by atoms with Crippen molar-refractivity contribution in [2.75, 3.05) is 40.4 Å². The number of imide groups is 1. The minimum Gasteiger partial charge on any atom is -0.378 e. The molecule has 156 valence electrons. The highest BCUT2D eigenvalue weighted by atomic mass is 16.5. The predicted octanol–water partition coefficient (Wildman–Crippen LogP) is 1.56. The third-order valence-electron chi connectivity index (χ3n) is 6.21. The quantitative estimate of drug-likeness (QED) is 0.756. The minimum atomic E-state index is -0.533. The van der Waals surface area contributed by atoms with E-state index in [1.165, 1.54) is 4.90 Å². The number of amides is 3. The van der Waals surface area contributed by atoms with Crippen LogP contribution in [0.5, 0.6) is 0 Å². The summed E-state index contributed by atoms with van der Waals surface area (Å²) in [5.74, 6) is 0.555. The lowest BCUT2D eigenvalue weighted by Gasteiger charge is -2.41. The molecular weight excluding hydrogens is 382 g/mol. The first-order chi connectivity index (χ1) is 14.6. The smallest absolute Gasteiger partial charge is 0.328 e.